The van der Waals surface area contributed by atoms with Crippen molar-refractivity contribution in [2.45, 2.75) is 25.5 Å². The number of piperidine rings is 1. The van der Waals surface area contributed by atoms with Crippen molar-refractivity contribution in [2.24, 2.45) is 5.92 Å². The number of thiophene rings is 1. The lowest BCUT2D eigenvalue weighted by atomic mass is 9.98. The lowest BCUT2D eigenvalue weighted by molar-refractivity contribution is -0.130. The second-order valence-electron chi connectivity index (χ2n) is 6.93. The van der Waals surface area contributed by atoms with Crippen molar-refractivity contribution < 1.29 is 14.3 Å². The minimum atomic E-state index is -0.573. The number of likely N-dealkylation sites (tertiary alicyclic amines) is 1. The Kier molecular flexibility index (Phi) is 5.41. The van der Waals surface area contributed by atoms with Crippen LogP contribution >= 0.6 is 11.3 Å². The zero-order chi connectivity index (χ0) is 17.8. The van der Waals surface area contributed by atoms with Crippen molar-refractivity contribution in [3.63, 3.8) is 0 Å². The molecular formula is C20H24N2O3S. The van der Waals surface area contributed by atoms with Gasteiger partial charge in [0.2, 0.25) is 6.10 Å². The molecule has 1 fully saturated rings. The normalized spacial score (nSPS) is 22.8. The van der Waals surface area contributed by atoms with Crippen LogP contribution in [0.15, 0.2) is 41.8 Å². The van der Waals surface area contributed by atoms with Crippen LogP contribution in [0.1, 0.15) is 17.7 Å². The lowest BCUT2D eigenvalue weighted by Crippen LogP contribution is -2.47. The summed E-state index contributed by atoms with van der Waals surface area (Å²) >= 11 is 1.81. The Labute approximate surface area is 157 Å². The molecule has 0 spiro atoms. The topological polar surface area (TPSA) is 50.8 Å². The standard InChI is InChI=1S/C20H24N2O3S/c23-20(19-14-24-17-7-1-2-8-18(17)25-19)21-11-15-5-3-9-22(12-15)13-16-6-4-10-26-16/h1-2,4,6-8,10,15,19H,3,5,9,11-14H2,(H,21,23). The highest BCUT2D eigenvalue weighted by Crippen LogP contribution is 2.30. The van der Waals surface area contributed by atoms with Gasteiger partial charge in [-0.05, 0) is 48.9 Å². The van der Waals surface area contributed by atoms with Crippen LogP contribution in [0.25, 0.3) is 0 Å². The van der Waals surface area contributed by atoms with Gasteiger partial charge in [-0.2, -0.15) is 0 Å². The van der Waals surface area contributed by atoms with E-state index in [1.807, 2.05) is 35.6 Å². The number of nitrogens with one attached hydrogen (secondary N) is 1. The minimum Gasteiger partial charge on any atom is -0.485 e. The Morgan fingerprint density at radius 2 is 2.12 bits per heavy atom. The Bertz CT molecular complexity index is 734. The van der Waals surface area contributed by atoms with E-state index in [9.17, 15) is 4.79 Å². The molecule has 2 atom stereocenters. The predicted octanol–water partition coefficient (Wildman–Crippen LogP) is 2.92. The molecule has 3 heterocycles. The average Bonchev–Trinajstić information content (AvgIpc) is 3.19. The molecule has 0 saturated carbocycles. The first-order valence-corrected chi connectivity index (χ1v) is 10.1. The van der Waals surface area contributed by atoms with Crippen LogP contribution in [0.3, 0.4) is 0 Å². The van der Waals surface area contributed by atoms with Crippen molar-refractivity contribution in [2.75, 3.05) is 26.2 Å². The summed E-state index contributed by atoms with van der Waals surface area (Å²) < 4.78 is 11.4. The first kappa shape index (κ1) is 17.4. The molecule has 1 saturated heterocycles. The molecule has 1 aromatic heterocycles. The second-order valence-corrected chi connectivity index (χ2v) is 7.96. The van der Waals surface area contributed by atoms with E-state index in [1.165, 1.54) is 11.3 Å². The van der Waals surface area contributed by atoms with Gasteiger partial charge in [0, 0.05) is 24.5 Å². The summed E-state index contributed by atoms with van der Waals surface area (Å²) in [6, 6.07) is 11.8. The van der Waals surface area contributed by atoms with Crippen molar-refractivity contribution in [1.82, 2.24) is 10.2 Å². The molecule has 2 aliphatic heterocycles. The summed E-state index contributed by atoms with van der Waals surface area (Å²) in [5.74, 6) is 1.74. The van der Waals surface area contributed by atoms with Crippen LogP contribution in [-0.4, -0.2) is 43.2 Å². The highest BCUT2D eigenvalue weighted by Gasteiger charge is 2.28. The van der Waals surface area contributed by atoms with E-state index in [1.54, 1.807) is 0 Å². The van der Waals surface area contributed by atoms with Crippen molar-refractivity contribution in [1.29, 1.82) is 0 Å². The third-order valence-electron chi connectivity index (χ3n) is 4.93. The molecule has 0 bridgehead atoms. The maximum atomic E-state index is 12.5. The van der Waals surface area contributed by atoms with E-state index in [-0.39, 0.29) is 12.5 Å². The predicted molar refractivity (Wildman–Crippen MR) is 102 cm³/mol. The number of hydrogen-bond acceptors (Lipinski definition) is 5. The van der Waals surface area contributed by atoms with Gasteiger partial charge >= 0.3 is 0 Å². The molecule has 1 amide bonds. The summed E-state index contributed by atoms with van der Waals surface area (Å²) in [6.45, 7) is 4.14. The van der Waals surface area contributed by atoms with Crippen LogP contribution in [0, 0.1) is 5.92 Å². The lowest BCUT2D eigenvalue weighted by Gasteiger charge is -2.33. The van der Waals surface area contributed by atoms with Crippen LogP contribution in [0.2, 0.25) is 0 Å². The van der Waals surface area contributed by atoms with Gasteiger partial charge < -0.3 is 14.8 Å². The maximum Gasteiger partial charge on any atom is 0.264 e. The van der Waals surface area contributed by atoms with Gasteiger partial charge in [0.25, 0.3) is 5.91 Å². The highest BCUT2D eigenvalue weighted by atomic mass is 32.1. The fourth-order valence-corrected chi connectivity index (χ4v) is 4.34. The van der Waals surface area contributed by atoms with Gasteiger partial charge in [-0.25, -0.2) is 0 Å². The molecule has 1 N–H and O–H groups in total. The summed E-state index contributed by atoms with van der Waals surface area (Å²) in [6.07, 6.45) is 1.77. The van der Waals surface area contributed by atoms with E-state index in [2.05, 4.69) is 27.7 Å². The fraction of sp³-hybridized carbons (Fsp3) is 0.450. The Balaban J connectivity index is 1.25. The quantitative estimate of drug-likeness (QED) is 0.877. The SMILES string of the molecule is O=C(NCC1CCCN(Cc2cccs2)C1)C1COc2ccccc2O1. The van der Waals surface area contributed by atoms with E-state index in [4.69, 9.17) is 9.47 Å². The number of hydrogen-bond donors (Lipinski definition) is 1. The number of rotatable bonds is 5. The number of amides is 1. The Morgan fingerprint density at radius 1 is 1.23 bits per heavy atom. The average molecular weight is 372 g/mol. The Morgan fingerprint density at radius 3 is 2.96 bits per heavy atom. The fourth-order valence-electron chi connectivity index (χ4n) is 3.59. The first-order chi connectivity index (χ1) is 12.8. The largest absolute Gasteiger partial charge is 0.485 e. The zero-order valence-corrected chi connectivity index (χ0v) is 15.5. The number of para-hydroxylation sites is 2. The highest BCUT2D eigenvalue weighted by molar-refractivity contribution is 7.09. The summed E-state index contributed by atoms with van der Waals surface area (Å²) in [5, 5.41) is 5.19. The molecule has 1 aromatic carbocycles. The second kappa shape index (κ2) is 8.10. The monoisotopic (exact) mass is 372 g/mol. The molecule has 6 heteroatoms. The number of ether oxygens (including phenoxy) is 2. The molecule has 5 nitrogen and oxygen atoms in total. The zero-order valence-electron chi connectivity index (χ0n) is 14.7. The molecule has 0 aliphatic carbocycles. The van der Waals surface area contributed by atoms with E-state index < -0.39 is 6.10 Å². The van der Waals surface area contributed by atoms with Gasteiger partial charge in [0.1, 0.15) is 6.61 Å². The molecule has 4 rings (SSSR count). The van der Waals surface area contributed by atoms with E-state index >= 15 is 0 Å². The molecule has 138 valence electrons. The number of benzene rings is 1. The van der Waals surface area contributed by atoms with Crippen LogP contribution in [0.5, 0.6) is 11.5 Å². The number of nitrogens with zero attached hydrogens (tertiary/aromatic N) is 1. The van der Waals surface area contributed by atoms with Gasteiger partial charge in [0.05, 0.1) is 0 Å². The summed E-state index contributed by atoms with van der Waals surface area (Å²) in [7, 11) is 0. The van der Waals surface area contributed by atoms with Gasteiger partial charge in [-0.3, -0.25) is 9.69 Å². The van der Waals surface area contributed by atoms with Crippen LogP contribution in [-0.2, 0) is 11.3 Å². The third kappa shape index (κ3) is 4.19. The van der Waals surface area contributed by atoms with Crippen LogP contribution < -0.4 is 14.8 Å². The van der Waals surface area contributed by atoms with Crippen molar-refractivity contribution in [3.05, 3.63) is 46.7 Å². The molecule has 26 heavy (non-hydrogen) atoms. The maximum absolute atomic E-state index is 12.5. The molecule has 0 radical (unpaired) electrons. The molecule has 2 aliphatic rings. The van der Waals surface area contributed by atoms with E-state index in [0.717, 1.165) is 26.1 Å². The van der Waals surface area contributed by atoms with Gasteiger partial charge in [0.15, 0.2) is 11.5 Å². The van der Waals surface area contributed by atoms with Crippen LogP contribution in [0.4, 0.5) is 0 Å². The molecule has 2 unspecified atom stereocenters. The van der Waals surface area contributed by atoms with Gasteiger partial charge in [-0.15, -0.1) is 11.3 Å². The van der Waals surface area contributed by atoms with E-state index in [0.29, 0.717) is 24.0 Å². The Hall–Kier alpha value is -2.05. The molecule has 2 aromatic rings. The van der Waals surface area contributed by atoms with Gasteiger partial charge in [-0.1, -0.05) is 18.2 Å². The number of carbonyl (C=O) groups is 1. The first-order valence-electron chi connectivity index (χ1n) is 9.19. The number of carbonyl (C=O) groups excluding carboxylic acids is 1. The molecular weight excluding hydrogens is 348 g/mol. The van der Waals surface area contributed by atoms with Crippen molar-refractivity contribution >= 4 is 17.2 Å². The summed E-state index contributed by atoms with van der Waals surface area (Å²) in [5.41, 5.74) is 0. The van der Waals surface area contributed by atoms with Crippen molar-refractivity contribution in [3.8, 4) is 11.5 Å². The number of fused-ring (bicyclic) bond motifs is 1. The smallest absolute Gasteiger partial charge is 0.264 e. The summed E-state index contributed by atoms with van der Waals surface area (Å²) in [4.78, 5) is 16.4. The third-order valence-corrected chi connectivity index (χ3v) is 5.79. The minimum absolute atomic E-state index is 0.0881.